The first-order chi connectivity index (χ1) is 15.1. The summed E-state index contributed by atoms with van der Waals surface area (Å²) < 4.78 is 0.883. The van der Waals surface area contributed by atoms with Gasteiger partial charge in [0.1, 0.15) is 0 Å². The average Bonchev–Trinajstić information content (AvgIpc) is 3.29. The number of hydrogen-bond donors (Lipinski definition) is 3. The molecule has 0 aromatic heterocycles. The number of carbonyl (C=O) groups is 2. The van der Waals surface area contributed by atoms with Crippen LogP contribution in [0.25, 0.3) is 0 Å². The molecule has 1 fully saturated rings. The van der Waals surface area contributed by atoms with Crippen LogP contribution in [-0.2, 0) is 0 Å². The Morgan fingerprint density at radius 1 is 0.774 bits per heavy atom. The molecule has 0 unspecified atom stereocenters. The van der Waals surface area contributed by atoms with Crippen molar-refractivity contribution in [3.05, 3.63) is 82.8 Å². The Morgan fingerprint density at radius 3 is 2.26 bits per heavy atom. The van der Waals surface area contributed by atoms with Gasteiger partial charge in [0, 0.05) is 34.5 Å². The largest absolute Gasteiger partial charge is 0.370 e. The third kappa shape index (κ3) is 5.44. The summed E-state index contributed by atoms with van der Waals surface area (Å²) in [6.45, 7) is 1.88. The standard InChI is InChI=1S/C24H23BrN4O2/c25-18-9-6-10-19(15-18)27-24(31)28-21-16-20(11-12-22(21)29-13-4-5-14-29)26-23(30)17-7-2-1-3-8-17/h1-3,6-12,15-16H,4-5,13-14H2,(H,26,30)(H2,27,28,31). The number of amides is 3. The van der Waals surface area contributed by atoms with Crippen LogP contribution >= 0.6 is 15.9 Å². The second-order valence-corrected chi connectivity index (χ2v) is 8.25. The molecule has 0 spiro atoms. The molecule has 4 rings (SSSR count). The molecule has 158 valence electrons. The van der Waals surface area contributed by atoms with E-state index < -0.39 is 0 Å². The van der Waals surface area contributed by atoms with Crippen molar-refractivity contribution in [2.45, 2.75) is 12.8 Å². The fourth-order valence-corrected chi connectivity index (χ4v) is 3.99. The van der Waals surface area contributed by atoms with Gasteiger partial charge in [-0.2, -0.15) is 0 Å². The van der Waals surface area contributed by atoms with E-state index in [0.717, 1.165) is 36.1 Å². The lowest BCUT2D eigenvalue weighted by Gasteiger charge is -2.22. The highest BCUT2D eigenvalue weighted by Gasteiger charge is 2.18. The van der Waals surface area contributed by atoms with Gasteiger partial charge < -0.3 is 20.9 Å². The summed E-state index contributed by atoms with van der Waals surface area (Å²) in [6.07, 6.45) is 2.24. The molecule has 3 aromatic carbocycles. The topological polar surface area (TPSA) is 73.5 Å². The van der Waals surface area contributed by atoms with Crippen LogP contribution in [0.3, 0.4) is 0 Å². The fourth-order valence-electron chi connectivity index (χ4n) is 3.59. The van der Waals surface area contributed by atoms with Crippen molar-refractivity contribution in [1.29, 1.82) is 0 Å². The molecule has 3 amide bonds. The molecule has 3 aromatic rings. The van der Waals surface area contributed by atoms with Gasteiger partial charge in [-0.25, -0.2) is 4.79 Å². The molecule has 31 heavy (non-hydrogen) atoms. The summed E-state index contributed by atoms with van der Waals surface area (Å²) >= 11 is 3.41. The quantitative estimate of drug-likeness (QED) is 0.424. The van der Waals surface area contributed by atoms with Crippen molar-refractivity contribution in [2.24, 2.45) is 0 Å². The molecule has 7 heteroatoms. The summed E-state index contributed by atoms with van der Waals surface area (Å²) in [5.74, 6) is -0.195. The van der Waals surface area contributed by atoms with Crippen LogP contribution < -0.4 is 20.9 Å². The molecule has 0 aliphatic carbocycles. The molecule has 0 radical (unpaired) electrons. The SMILES string of the molecule is O=C(Nc1cccc(Br)c1)Nc1cc(NC(=O)c2ccccc2)ccc1N1CCCC1. The zero-order valence-corrected chi connectivity index (χ0v) is 18.5. The van der Waals surface area contributed by atoms with Crippen molar-refractivity contribution in [3.63, 3.8) is 0 Å². The molecule has 1 saturated heterocycles. The van der Waals surface area contributed by atoms with E-state index in [1.54, 1.807) is 18.2 Å². The Kier molecular flexibility index (Phi) is 6.52. The predicted octanol–water partition coefficient (Wildman–Crippen LogP) is 5.95. The van der Waals surface area contributed by atoms with Gasteiger partial charge in [-0.1, -0.05) is 40.2 Å². The van der Waals surface area contributed by atoms with E-state index in [1.165, 1.54) is 0 Å². The van der Waals surface area contributed by atoms with Crippen LogP contribution in [0.4, 0.5) is 27.5 Å². The number of carbonyl (C=O) groups excluding carboxylic acids is 2. The molecule has 0 atom stereocenters. The van der Waals surface area contributed by atoms with Gasteiger partial charge in [-0.05, 0) is 61.4 Å². The minimum Gasteiger partial charge on any atom is -0.370 e. The maximum atomic E-state index is 12.7. The number of halogens is 1. The van der Waals surface area contributed by atoms with Gasteiger partial charge in [0.2, 0.25) is 0 Å². The lowest BCUT2D eigenvalue weighted by molar-refractivity contribution is 0.102. The summed E-state index contributed by atoms with van der Waals surface area (Å²) in [6, 6.07) is 21.7. The first-order valence-electron chi connectivity index (χ1n) is 10.2. The van der Waals surface area contributed by atoms with Crippen LogP contribution in [0.2, 0.25) is 0 Å². The molecule has 1 aliphatic rings. The molecular formula is C24H23BrN4O2. The average molecular weight is 479 g/mol. The van der Waals surface area contributed by atoms with Crippen molar-refractivity contribution < 1.29 is 9.59 Å². The van der Waals surface area contributed by atoms with Gasteiger partial charge in [-0.15, -0.1) is 0 Å². The Morgan fingerprint density at radius 2 is 1.52 bits per heavy atom. The van der Waals surface area contributed by atoms with Crippen LogP contribution in [0, 0.1) is 0 Å². The lowest BCUT2D eigenvalue weighted by Crippen LogP contribution is -2.24. The third-order valence-corrected chi connectivity index (χ3v) is 5.56. The Labute approximate surface area is 189 Å². The molecule has 1 aliphatic heterocycles. The predicted molar refractivity (Wildman–Crippen MR) is 129 cm³/mol. The van der Waals surface area contributed by atoms with Gasteiger partial charge >= 0.3 is 6.03 Å². The second-order valence-electron chi connectivity index (χ2n) is 7.34. The summed E-state index contributed by atoms with van der Waals surface area (Å²) in [4.78, 5) is 27.5. The first kappa shape index (κ1) is 20.9. The molecule has 6 nitrogen and oxygen atoms in total. The van der Waals surface area contributed by atoms with E-state index in [4.69, 9.17) is 0 Å². The van der Waals surface area contributed by atoms with Crippen LogP contribution in [0.15, 0.2) is 77.3 Å². The number of nitrogens with zero attached hydrogens (tertiary/aromatic N) is 1. The minimum absolute atomic E-state index is 0.195. The molecule has 0 saturated carbocycles. The van der Waals surface area contributed by atoms with Crippen LogP contribution in [0.5, 0.6) is 0 Å². The maximum Gasteiger partial charge on any atom is 0.323 e. The Hall–Kier alpha value is -3.32. The highest BCUT2D eigenvalue weighted by atomic mass is 79.9. The van der Waals surface area contributed by atoms with Gasteiger partial charge in [0.25, 0.3) is 5.91 Å². The third-order valence-electron chi connectivity index (χ3n) is 5.07. The van der Waals surface area contributed by atoms with Crippen molar-refractivity contribution >= 4 is 50.6 Å². The number of rotatable bonds is 5. The van der Waals surface area contributed by atoms with Gasteiger partial charge in [0.05, 0.1) is 11.4 Å². The van der Waals surface area contributed by atoms with Crippen molar-refractivity contribution in [3.8, 4) is 0 Å². The Balaban J connectivity index is 1.55. The number of benzene rings is 3. The Bertz CT molecular complexity index is 1080. The normalized spacial score (nSPS) is 13.0. The van der Waals surface area contributed by atoms with E-state index in [-0.39, 0.29) is 11.9 Å². The van der Waals surface area contributed by atoms with Crippen LogP contribution in [-0.4, -0.2) is 25.0 Å². The van der Waals surface area contributed by atoms with Crippen molar-refractivity contribution in [2.75, 3.05) is 33.9 Å². The molecular weight excluding hydrogens is 456 g/mol. The van der Waals surface area contributed by atoms with E-state index in [2.05, 4.69) is 36.8 Å². The van der Waals surface area contributed by atoms with Gasteiger partial charge in [-0.3, -0.25) is 4.79 Å². The lowest BCUT2D eigenvalue weighted by atomic mass is 10.2. The number of urea groups is 1. The monoisotopic (exact) mass is 478 g/mol. The molecule has 1 heterocycles. The minimum atomic E-state index is -0.343. The zero-order chi connectivity index (χ0) is 21.6. The molecule has 3 N–H and O–H groups in total. The summed E-state index contributed by atoms with van der Waals surface area (Å²) in [7, 11) is 0. The second kappa shape index (κ2) is 9.66. The summed E-state index contributed by atoms with van der Waals surface area (Å²) in [5, 5.41) is 8.71. The van der Waals surface area contributed by atoms with E-state index in [0.29, 0.717) is 22.6 Å². The van der Waals surface area contributed by atoms with Crippen molar-refractivity contribution in [1.82, 2.24) is 0 Å². The number of hydrogen-bond acceptors (Lipinski definition) is 3. The molecule has 0 bridgehead atoms. The zero-order valence-electron chi connectivity index (χ0n) is 16.9. The smallest absolute Gasteiger partial charge is 0.323 e. The highest BCUT2D eigenvalue weighted by Crippen LogP contribution is 2.32. The highest BCUT2D eigenvalue weighted by molar-refractivity contribution is 9.10. The van der Waals surface area contributed by atoms with Gasteiger partial charge in [0.15, 0.2) is 0 Å². The van der Waals surface area contributed by atoms with Crippen LogP contribution in [0.1, 0.15) is 23.2 Å². The number of nitrogens with one attached hydrogen (secondary N) is 3. The van der Waals surface area contributed by atoms with E-state index >= 15 is 0 Å². The van der Waals surface area contributed by atoms with E-state index in [1.807, 2.05) is 54.6 Å². The van der Waals surface area contributed by atoms with E-state index in [9.17, 15) is 9.59 Å². The first-order valence-corrected chi connectivity index (χ1v) is 11.0. The summed E-state index contributed by atoms with van der Waals surface area (Å²) in [5.41, 5.74) is 3.48. The fraction of sp³-hybridized carbons (Fsp3) is 0.167. The number of anilines is 4. The maximum absolute atomic E-state index is 12.7.